The average Bonchev–Trinajstić information content (AvgIpc) is 2.43. The Balaban J connectivity index is 2.69. The number of nitrogens with zero attached hydrogens (tertiary/aromatic N) is 1. The van der Waals surface area contributed by atoms with E-state index in [-0.39, 0.29) is 24.4 Å². The van der Waals surface area contributed by atoms with E-state index in [1.165, 1.54) is 12.0 Å². The van der Waals surface area contributed by atoms with E-state index in [1.54, 1.807) is 20.8 Å². The number of alkyl halides is 1. The van der Waals surface area contributed by atoms with E-state index in [0.29, 0.717) is 12.8 Å². The first-order chi connectivity index (χ1) is 10.2. The van der Waals surface area contributed by atoms with E-state index >= 15 is 0 Å². The summed E-state index contributed by atoms with van der Waals surface area (Å²) < 4.78 is 9.90. The van der Waals surface area contributed by atoms with Crippen molar-refractivity contribution in [3.05, 3.63) is 0 Å². The molecule has 22 heavy (non-hydrogen) atoms. The Morgan fingerprint density at radius 3 is 2.41 bits per heavy atom. The molecular formula is C14H23ClN2O5. The third kappa shape index (κ3) is 5.36. The van der Waals surface area contributed by atoms with Crippen LogP contribution in [0.5, 0.6) is 0 Å². The van der Waals surface area contributed by atoms with Crippen LogP contribution in [0.2, 0.25) is 0 Å². The monoisotopic (exact) mass is 334 g/mol. The van der Waals surface area contributed by atoms with Crippen LogP contribution in [0.4, 0.5) is 4.79 Å². The van der Waals surface area contributed by atoms with Crippen LogP contribution < -0.4 is 5.32 Å². The molecule has 0 aromatic carbocycles. The van der Waals surface area contributed by atoms with Gasteiger partial charge in [-0.05, 0) is 33.6 Å². The smallest absolute Gasteiger partial charge is 0.407 e. The Hall–Kier alpha value is -1.50. The van der Waals surface area contributed by atoms with Gasteiger partial charge in [0.2, 0.25) is 5.91 Å². The summed E-state index contributed by atoms with van der Waals surface area (Å²) in [6.45, 7) is 5.50. The summed E-state index contributed by atoms with van der Waals surface area (Å²) >= 11 is 5.58. The van der Waals surface area contributed by atoms with Crippen molar-refractivity contribution in [1.29, 1.82) is 0 Å². The number of ether oxygens (including phenoxy) is 2. The van der Waals surface area contributed by atoms with E-state index in [9.17, 15) is 14.4 Å². The number of alkyl carbamates (subject to hydrolysis) is 1. The highest BCUT2D eigenvalue weighted by atomic mass is 35.5. The number of piperidine rings is 1. The van der Waals surface area contributed by atoms with Crippen LogP contribution >= 0.6 is 11.6 Å². The van der Waals surface area contributed by atoms with Gasteiger partial charge in [0, 0.05) is 12.6 Å². The molecule has 0 aromatic heterocycles. The number of carbonyl (C=O) groups excluding carboxylic acids is 3. The minimum Gasteiger partial charge on any atom is -0.467 e. The molecule has 0 aromatic rings. The van der Waals surface area contributed by atoms with Gasteiger partial charge in [-0.3, -0.25) is 4.79 Å². The molecule has 1 aliphatic rings. The zero-order valence-corrected chi connectivity index (χ0v) is 14.1. The second-order valence-corrected chi connectivity index (χ2v) is 6.41. The molecular weight excluding hydrogens is 312 g/mol. The zero-order chi connectivity index (χ0) is 16.9. The second kappa shape index (κ2) is 7.67. The fourth-order valence-corrected chi connectivity index (χ4v) is 2.45. The van der Waals surface area contributed by atoms with Crippen molar-refractivity contribution in [2.24, 2.45) is 0 Å². The highest BCUT2D eigenvalue weighted by Crippen LogP contribution is 2.20. The van der Waals surface area contributed by atoms with Crippen LogP contribution in [-0.2, 0) is 19.1 Å². The molecule has 1 rings (SSSR count). The molecule has 0 unspecified atom stereocenters. The summed E-state index contributed by atoms with van der Waals surface area (Å²) in [6, 6.07) is -0.948. The molecule has 7 nitrogen and oxygen atoms in total. The summed E-state index contributed by atoms with van der Waals surface area (Å²) in [6.07, 6.45) is 0.396. The van der Waals surface area contributed by atoms with Gasteiger partial charge in [0.15, 0.2) is 0 Å². The Morgan fingerprint density at radius 2 is 1.91 bits per heavy atom. The second-order valence-electron chi connectivity index (χ2n) is 6.14. The maximum absolute atomic E-state index is 11.9. The summed E-state index contributed by atoms with van der Waals surface area (Å²) in [4.78, 5) is 36.8. The molecule has 1 saturated heterocycles. The molecule has 0 radical (unpaired) electrons. The summed E-state index contributed by atoms with van der Waals surface area (Å²) in [7, 11) is 1.27. The normalized spacial score (nSPS) is 22.0. The summed E-state index contributed by atoms with van der Waals surface area (Å²) in [5, 5.41) is 2.71. The molecule has 1 heterocycles. The van der Waals surface area contributed by atoms with Crippen molar-refractivity contribution < 1.29 is 23.9 Å². The molecule has 2 amide bonds. The first kappa shape index (κ1) is 18.5. The van der Waals surface area contributed by atoms with Crippen molar-refractivity contribution in [3.8, 4) is 0 Å². The van der Waals surface area contributed by atoms with Crippen LogP contribution in [-0.4, -0.2) is 60.1 Å². The lowest BCUT2D eigenvalue weighted by Gasteiger charge is -2.38. The molecule has 2 atom stereocenters. The molecule has 0 spiro atoms. The van der Waals surface area contributed by atoms with Crippen LogP contribution in [0.25, 0.3) is 0 Å². The van der Waals surface area contributed by atoms with Gasteiger partial charge in [0.25, 0.3) is 0 Å². The predicted molar refractivity (Wildman–Crippen MR) is 80.6 cm³/mol. The Kier molecular flexibility index (Phi) is 6.47. The van der Waals surface area contributed by atoms with Gasteiger partial charge >= 0.3 is 12.1 Å². The van der Waals surface area contributed by atoms with Gasteiger partial charge in [-0.25, -0.2) is 9.59 Å². The van der Waals surface area contributed by atoms with Gasteiger partial charge in [-0.2, -0.15) is 0 Å². The largest absolute Gasteiger partial charge is 0.467 e. The number of esters is 1. The number of halogens is 1. The number of likely N-dealkylation sites (tertiary alicyclic amines) is 1. The Labute approximate surface area is 135 Å². The Morgan fingerprint density at radius 1 is 1.27 bits per heavy atom. The third-order valence-electron chi connectivity index (χ3n) is 3.21. The van der Waals surface area contributed by atoms with Crippen molar-refractivity contribution in [3.63, 3.8) is 0 Å². The number of hydrogen-bond donors (Lipinski definition) is 1. The van der Waals surface area contributed by atoms with E-state index in [2.05, 4.69) is 5.32 Å². The molecule has 126 valence electrons. The Bertz CT molecular complexity index is 435. The molecule has 8 heteroatoms. The van der Waals surface area contributed by atoms with E-state index in [0.717, 1.165) is 0 Å². The number of hydrogen-bond acceptors (Lipinski definition) is 5. The minimum absolute atomic E-state index is 0.199. The van der Waals surface area contributed by atoms with Crippen LogP contribution in [0, 0.1) is 0 Å². The predicted octanol–water partition coefficient (Wildman–Crippen LogP) is 1.28. The summed E-state index contributed by atoms with van der Waals surface area (Å²) in [5.41, 5.74) is -0.598. The number of rotatable bonds is 3. The fraction of sp³-hybridized carbons (Fsp3) is 0.786. The highest BCUT2D eigenvalue weighted by Gasteiger charge is 2.37. The number of methoxy groups -OCH3 is 1. The number of carbonyl (C=O) groups is 3. The minimum atomic E-state index is -0.659. The van der Waals surface area contributed by atoms with Crippen LogP contribution in [0.3, 0.4) is 0 Å². The van der Waals surface area contributed by atoms with Gasteiger partial charge < -0.3 is 19.7 Å². The highest BCUT2D eigenvalue weighted by molar-refractivity contribution is 6.27. The lowest BCUT2D eigenvalue weighted by atomic mass is 9.98. The van der Waals surface area contributed by atoms with Gasteiger partial charge in [0.05, 0.1) is 7.11 Å². The van der Waals surface area contributed by atoms with Gasteiger partial charge in [-0.1, -0.05) is 0 Å². The molecule has 0 bridgehead atoms. The van der Waals surface area contributed by atoms with Crippen molar-refractivity contribution in [1.82, 2.24) is 10.2 Å². The molecule has 0 saturated carbocycles. The van der Waals surface area contributed by atoms with Gasteiger partial charge in [-0.15, -0.1) is 11.6 Å². The first-order valence-corrected chi connectivity index (χ1v) is 7.64. The maximum atomic E-state index is 11.9. The van der Waals surface area contributed by atoms with E-state index in [4.69, 9.17) is 21.1 Å². The zero-order valence-electron chi connectivity index (χ0n) is 13.3. The van der Waals surface area contributed by atoms with Crippen molar-refractivity contribution in [2.75, 3.05) is 19.5 Å². The maximum Gasteiger partial charge on any atom is 0.407 e. The standard InChI is InChI=1S/C14H23ClN2O5/c1-14(2,3)22-13(20)16-9-5-6-10(12(19)21-4)17(8-9)11(18)7-15/h9-10H,5-8H2,1-4H3,(H,16,20)/t9-,10+/m1/s1. The molecule has 1 N–H and O–H groups in total. The lowest BCUT2D eigenvalue weighted by molar-refractivity contribution is -0.154. The summed E-state index contributed by atoms with van der Waals surface area (Å²) in [5.74, 6) is -1.07. The van der Waals surface area contributed by atoms with Gasteiger partial charge in [0.1, 0.15) is 17.5 Å². The van der Waals surface area contributed by atoms with Crippen molar-refractivity contribution in [2.45, 2.75) is 51.3 Å². The van der Waals surface area contributed by atoms with E-state index < -0.39 is 23.7 Å². The van der Waals surface area contributed by atoms with Crippen molar-refractivity contribution >= 4 is 29.6 Å². The van der Waals surface area contributed by atoms with Crippen LogP contribution in [0.1, 0.15) is 33.6 Å². The lowest BCUT2D eigenvalue weighted by Crippen LogP contribution is -2.57. The number of nitrogens with one attached hydrogen (secondary N) is 1. The SMILES string of the molecule is COC(=O)[C@@H]1CC[C@@H](NC(=O)OC(C)(C)C)CN1C(=O)CCl. The molecule has 1 aliphatic heterocycles. The van der Waals surface area contributed by atoms with E-state index in [1.807, 2.05) is 0 Å². The number of amides is 2. The molecule has 0 aliphatic carbocycles. The topological polar surface area (TPSA) is 84.9 Å². The average molecular weight is 335 g/mol. The molecule has 1 fully saturated rings. The fourth-order valence-electron chi connectivity index (χ4n) is 2.30. The van der Waals surface area contributed by atoms with Crippen LogP contribution in [0.15, 0.2) is 0 Å². The first-order valence-electron chi connectivity index (χ1n) is 7.10. The quantitative estimate of drug-likeness (QED) is 0.621. The third-order valence-corrected chi connectivity index (χ3v) is 3.44.